The van der Waals surface area contributed by atoms with Gasteiger partial charge in [0, 0.05) is 29.0 Å². The Hall–Kier alpha value is -2.36. The largest absolute Gasteiger partial charge is 0.351 e. The number of carbonyl (C=O) groups excluding carboxylic acids is 1. The summed E-state index contributed by atoms with van der Waals surface area (Å²) in [7, 11) is 0. The van der Waals surface area contributed by atoms with Gasteiger partial charge in [0.05, 0.1) is 5.92 Å². The molecule has 0 aliphatic carbocycles. The van der Waals surface area contributed by atoms with Gasteiger partial charge in [-0.3, -0.25) is 9.78 Å². The molecule has 0 fully saturated rings. The summed E-state index contributed by atoms with van der Waals surface area (Å²) in [6.45, 7) is 0.452. The standard InChI is InChI=1S/C21H18Cl2N2O/c22-18-7-3-15(4-8-18)14-25-21(26)20(12-16-2-1-11-24-13-16)17-5-9-19(23)10-6-17/h1-11,13,20H,12,14H2,(H,25,26). The Morgan fingerprint density at radius 2 is 1.58 bits per heavy atom. The summed E-state index contributed by atoms with van der Waals surface area (Å²) in [4.78, 5) is 17.0. The molecule has 2 aromatic carbocycles. The third-order valence-electron chi connectivity index (χ3n) is 4.13. The van der Waals surface area contributed by atoms with E-state index in [1.165, 1.54) is 0 Å². The summed E-state index contributed by atoms with van der Waals surface area (Å²) in [5.41, 5.74) is 2.93. The molecule has 0 radical (unpaired) electrons. The van der Waals surface area contributed by atoms with Gasteiger partial charge >= 0.3 is 0 Å². The van der Waals surface area contributed by atoms with Crippen molar-refractivity contribution in [1.29, 1.82) is 0 Å². The molecule has 26 heavy (non-hydrogen) atoms. The average molecular weight is 385 g/mol. The molecular weight excluding hydrogens is 367 g/mol. The zero-order chi connectivity index (χ0) is 18.4. The van der Waals surface area contributed by atoms with Gasteiger partial charge in [-0.1, -0.05) is 53.5 Å². The van der Waals surface area contributed by atoms with Crippen molar-refractivity contribution in [2.45, 2.75) is 18.9 Å². The minimum absolute atomic E-state index is 0.0360. The van der Waals surface area contributed by atoms with Crippen LogP contribution in [0.3, 0.4) is 0 Å². The van der Waals surface area contributed by atoms with E-state index in [1.807, 2.05) is 48.5 Å². The second-order valence-electron chi connectivity index (χ2n) is 6.01. The molecule has 0 spiro atoms. The van der Waals surface area contributed by atoms with Crippen LogP contribution in [0.5, 0.6) is 0 Å². The molecule has 3 rings (SSSR count). The van der Waals surface area contributed by atoms with Gasteiger partial charge in [0.1, 0.15) is 0 Å². The Bertz CT molecular complexity index is 849. The highest BCUT2D eigenvalue weighted by atomic mass is 35.5. The number of hydrogen-bond acceptors (Lipinski definition) is 2. The van der Waals surface area contributed by atoms with Crippen LogP contribution in [0.2, 0.25) is 10.0 Å². The lowest BCUT2D eigenvalue weighted by atomic mass is 9.91. The molecule has 1 atom stereocenters. The van der Waals surface area contributed by atoms with Crippen LogP contribution in [0.25, 0.3) is 0 Å². The van der Waals surface area contributed by atoms with Crippen LogP contribution < -0.4 is 5.32 Å². The number of benzene rings is 2. The third-order valence-corrected chi connectivity index (χ3v) is 4.64. The number of amides is 1. The van der Waals surface area contributed by atoms with E-state index in [2.05, 4.69) is 10.3 Å². The molecule has 3 aromatic rings. The Morgan fingerprint density at radius 3 is 2.19 bits per heavy atom. The molecule has 0 aliphatic heterocycles. The molecule has 0 aliphatic rings. The van der Waals surface area contributed by atoms with Crippen LogP contribution in [0.4, 0.5) is 0 Å². The fourth-order valence-corrected chi connectivity index (χ4v) is 2.98. The molecule has 1 unspecified atom stereocenters. The average Bonchev–Trinajstić information content (AvgIpc) is 2.67. The third kappa shape index (κ3) is 5.07. The quantitative estimate of drug-likeness (QED) is 0.647. The smallest absolute Gasteiger partial charge is 0.228 e. The van der Waals surface area contributed by atoms with Gasteiger partial charge in [0.15, 0.2) is 0 Å². The summed E-state index contributed by atoms with van der Waals surface area (Å²) < 4.78 is 0. The first kappa shape index (κ1) is 18.4. The molecule has 5 heteroatoms. The first-order valence-electron chi connectivity index (χ1n) is 8.28. The number of halogens is 2. The predicted octanol–water partition coefficient (Wildman–Crippen LogP) is 5.03. The monoisotopic (exact) mass is 384 g/mol. The van der Waals surface area contributed by atoms with E-state index >= 15 is 0 Å². The maximum absolute atomic E-state index is 12.9. The normalized spacial score (nSPS) is 11.8. The van der Waals surface area contributed by atoms with Crippen molar-refractivity contribution in [3.8, 4) is 0 Å². The van der Waals surface area contributed by atoms with E-state index in [4.69, 9.17) is 23.2 Å². The molecular formula is C21H18Cl2N2O. The minimum Gasteiger partial charge on any atom is -0.351 e. The molecule has 0 bridgehead atoms. The van der Waals surface area contributed by atoms with Gasteiger partial charge in [-0.05, 0) is 53.4 Å². The minimum atomic E-state index is -0.316. The van der Waals surface area contributed by atoms with Crippen LogP contribution in [0, 0.1) is 0 Å². The van der Waals surface area contributed by atoms with Crippen LogP contribution in [0.15, 0.2) is 73.1 Å². The van der Waals surface area contributed by atoms with Crippen molar-refractivity contribution in [1.82, 2.24) is 10.3 Å². The van der Waals surface area contributed by atoms with Crippen LogP contribution >= 0.6 is 23.2 Å². The van der Waals surface area contributed by atoms with Crippen molar-refractivity contribution in [3.05, 3.63) is 99.8 Å². The van der Waals surface area contributed by atoms with Gasteiger partial charge in [-0.2, -0.15) is 0 Å². The number of hydrogen-bond donors (Lipinski definition) is 1. The Kier molecular flexibility index (Phi) is 6.26. The summed E-state index contributed by atoms with van der Waals surface area (Å²) in [5.74, 6) is -0.352. The molecule has 3 nitrogen and oxygen atoms in total. The van der Waals surface area contributed by atoms with Crippen LogP contribution in [-0.4, -0.2) is 10.9 Å². The highest BCUT2D eigenvalue weighted by Gasteiger charge is 2.21. The number of nitrogens with zero attached hydrogens (tertiary/aromatic N) is 1. The maximum atomic E-state index is 12.9. The lowest BCUT2D eigenvalue weighted by Crippen LogP contribution is -2.30. The first-order chi connectivity index (χ1) is 12.6. The maximum Gasteiger partial charge on any atom is 0.228 e. The fraction of sp³-hybridized carbons (Fsp3) is 0.143. The van der Waals surface area contributed by atoms with Crippen LogP contribution in [-0.2, 0) is 17.8 Å². The van der Waals surface area contributed by atoms with Gasteiger partial charge in [0.25, 0.3) is 0 Å². The highest BCUT2D eigenvalue weighted by molar-refractivity contribution is 6.30. The summed E-state index contributed by atoms with van der Waals surface area (Å²) in [5, 5.41) is 4.34. The summed E-state index contributed by atoms with van der Waals surface area (Å²) in [6, 6.07) is 18.7. The Balaban J connectivity index is 1.76. The van der Waals surface area contributed by atoms with Crippen LogP contribution in [0.1, 0.15) is 22.6 Å². The van der Waals surface area contributed by atoms with Gasteiger partial charge < -0.3 is 5.32 Å². The topological polar surface area (TPSA) is 42.0 Å². The van der Waals surface area contributed by atoms with E-state index in [0.29, 0.717) is 23.0 Å². The zero-order valence-electron chi connectivity index (χ0n) is 14.0. The number of pyridine rings is 1. The molecule has 132 valence electrons. The predicted molar refractivity (Wildman–Crippen MR) is 105 cm³/mol. The zero-order valence-corrected chi connectivity index (χ0v) is 15.5. The fourth-order valence-electron chi connectivity index (χ4n) is 2.73. The van der Waals surface area contributed by atoms with E-state index in [9.17, 15) is 4.79 Å². The molecule has 1 N–H and O–H groups in total. The Morgan fingerprint density at radius 1 is 0.923 bits per heavy atom. The van der Waals surface area contributed by atoms with E-state index < -0.39 is 0 Å². The van der Waals surface area contributed by atoms with Crippen molar-refractivity contribution in [3.63, 3.8) is 0 Å². The van der Waals surface area contributed by atoms with E-state index in [-0.39, 0.29) is 11.8 Å². The van der Waals surface area contributed by atoms with Crippen molar-refractivity contribution in [2.75, 3.05) is 0 Å². The lowest BCUT2D eigenvalue weighted by molar-refractivity contribution is -0.122. The molecule has 0 saturated heterocycles. The van der Waals surface area contributed by atoms with Gasteiger partial charge in [-0.25, -0.2) is 0 Å². The van der Waals surface area contributed by atoms with E-state index in [0.717, 1.165) is 16.7 Å². The SMILES string of the molecule is O=C(NCc1ccc(Cl)cc1)C(Cc1cccnc1)c1ccc(Cl)cc1. The summed E-state index contributed by atoms with van der Waals surface area (Å²) in [6.07, 6.45) is 4.08. The van der Waals surface area contributed by atoms with Crippen molar-refractivity contribution >= 4 is 29.1 Å². The number of carbonyl (C=O) groups is 1. The number of aromatic nitrogens is 1. The molecule has 0 saturated carbocycles. The Labute approximate surface area is 163 Å². The van der Waals surface area contributed by atoms with E-state index in [1.54, 1.807) is 24.5 Å². The highest BCUT2D eigenvalue weighted by Crippen LogP contribution is 2.23. The molecule has 1 amide bonds. The second kappa shape index (κ2) is 8.84. The first-order valence-corrected chi connectivity index (χ1v) is 9.04. The molecule has 1 aromatic heterocycles. The van der Waals surface area contributed by atoms with Gasteiger partial charge in [0.2, 0.25) is 5.91 Å². The lowest BCUT2D eigenvalue weighted by Gasteiger charge is -2.18. The van der Waals surface area contributed by atoms with Gasteiger partial charge in [-0.15, -0.1) is 0 Å². The second-order valence-corrected chi connectivity index (χ2v) is 6.89. The number of rotatable bonds is 6. The number of nitrogens with one attached hydrogen (secondary N) is 1. The van der Waals surface area contributed by atoms with Crippen molar-refractivity contribution < 1.29 is 4.79 Å². The molecule has 1 heterocycles. The van der Waals surface area contributed by atoms with Crippen molar-refractivity contribution in [2.24, 2.45) is 0 Å². The summed E-state index contributed by atoms with van der Waals surface area (Å²) >= 11 is 11.9.